The first-order valence-electron chi connectivity index (χ1n) is 5.76. The molecular weight excluding hydrogens is 188 g/mol. The topological polar surface area (TPSA) is 33.1 Å². The lowest BCUT2D eigenvalue weighted by Gasteiger charge is -2.32. The maximum atomic E-state index is 4.37. The standard InChI is InChI=1S/C11H20N4/c1-3-12-8-10(2)15-7-6-14-5-4-13-11(14)9-15/h4-5,10,12H,3,6-9H2,1-2H3. The Kier molecular flexibility index (Phi) is 3.38. The second-order valence-corrected chi connectivity index (χ2v) is 4.16. The highest BCUT2D eigenvalue weighted by Crippen LogP contribution is 2.12. The van der Waals surface area contributed by atoms with Crippen LogP contribution in [0.3, 0.4) is 0 Å². The fourth-order valence-corrected chi connectivity index (χ4v) is 2.05. The number of likely N-dealkylation sites (N-methyl/N-ethyl adjacent to an activating group) is 1. The van der Waals surface area contributed by atoms with Gasteiger partial charge in [0, 0.05) is 38.1 Å². The van der Waals surface area contributed by atoms with E-state index in [0.29, 0.717) is 6.04 Å². The predicted octanol–water partition coefficient (Wildman–Crippen LogP) is 0.697. The Labute approximate surface area is 91.3 Å². The van der Waals surface area contributed by atoms with Crippen molar-refractivity contribution < 1.29 is 0 Å². The van der Waals surface area contributed by atoms with Gasteiger partial charge in [-0.2, -0.15) is 0 Å². The highest BCUT2D eigenvalue weighted by atomic mass is 15.3. The van der Waals surface area contributed by atoms with Crippen LogP contribution in [0.1, 0.15) is 19.7 Å². The summed E-state index contributed by atoms with van der Waals surface area (Å²) in [5, 5.41) is 3.39. The molecule has 4 nitrogen and oxygen atoms in total. The van der Waals surface area contributed by atoms with Crippen molar-refractivity contribution in [1.29, 1.82) is 0 Å². The Morgan fingerprint density at radius 1 is 1.53 bits per heavy atom. The van der Waals surface area contributed by atoms with Gasteiger partial charge in [-0.05, 0) is 13.5 Å². The average Bonchev–Trinajstić information content (AvgIpc) is 2.72. The predicted molar refractivity (Wildman–Crippen MR) is 60.6 cm³/mol. The number of imidazole rings is 1. The van der Waals surface area contributed by atoms with Crippen LogP contribution in [0.4, 0.5) is 0 Å². The van der Waals surface area contributed by atoms with Crippen LogP contribution >= 0.6 is 0 Å². The molecule has 0 fully saturated rings. The van der Waals surface area contributed by atoms with Gasteiger partial charge in [-0.1, -0.05) is 6.92 Å². The van der Waals surface area contributed by atoms with Gasteiger partial charge in [0.2, 0.25) is 0 Å². The molecule has 0 bridgehead atoms. The van der Waals surface area contributed by atoms with Gasteiger partial charge in [-0.25, -0.2) is 4.98 Å². The fraction of sp³-hybridized carbons (Fsp3) is 0.727. The van der Waals surface area contributed by atoms with E-state index in [-0.39, 0.29) is 0 Å². The number of nitrogens with one attached hydrogen (secondary N) is 1. The Bertz CT molecular complexity index is 307. The first-order chi connectivity index (χ1) is 7.31. The second kappa shape index (κ2) is 4.77. The fourth-order valence-electron chi connectivity index (χ4n) is 2.05. The van der Waals surface area contributed by atoms with E-state index in [1.54, 1.807) is 0 Å². The molecule has 2 rings (SSSR count). The van der Waals surface area contributed by atoms with Gasteiger partial charge >= 0.3 is 0 Å². The first-order valence-corrected chi connectivity index (χ1v) is 5.76. The lowest BCUT2D eigenvalue weighted by Crippen LogP contribution is -2.44. The molecule has 1 unspecified atom stereocenters. The highest BCUT2D eigenvalue weighted by Gasteiger charge is 2.20. The van der Waals surface area contributed by atoms with Gasteiger partial charge in [0.1, 0.15) is 5.82 Å². The molecule has 1 aromatic heterocycles. The zero-order valence-corrected chi connectivity index (χ0v) is 9.61. The van der Waals surface area contributed by atoms with Crippen LogP contribution in [0.2, 0.25) is 0 Å². The van der Waals surface area contributed by atoms with E-state index < -0.39 is 0 Å². The molecular formula is C11H20N4. The minimum atomic E-state index is 0.593. The SMILES string of the molecule is CCNCC(C)N1CCn2ccnc2C1. The minimum absolute atomic E-state index is 0.593. The molecule has 0 saturated carbocycles. The quantitative estimate of drug-likeness (QED) is 0.790. The molecule has 1 aliphatic heterocycles. The van der Waals surface area contributed by atoms with E-state index in [4.69, 9.17) is 0 Å². The smallest absolute Gasteiger partial charge is 0.122 e. The normalized spacial score (nSPS) is 18.8. The number of aromatic nitrogens is 2. The van der Waals surface area contributed by atoms with Gasteiger partial charge in [0.15, 0.2) is 0 Å². The van der Waals surface area contributed by atoms with Crippen molar-refractivity contribution in [2.75, 3.05) is 19.6 Å². The molecule has 0 aliphatic carbocycles. The number of rotatable bonds is 4. The Hall–Kier alpha value is -0.870. The van der Waals surface area contributed by atoms with Crippen LogP contribution in [0.15, 0.2) is 12.4 Å². The van der Waals surface area contributed by atoms with Crippen molar-refractivity contribution in [1.82, 2.24) is 19.8 Å². The largest absolute Gasteiger partial charge is 0.333 e. The molecule has 2 heterocycles. The molecule has 0 spiro atoms. The number of fused-ring (bicyclic) bond motifs is 1. The summed E-state index contributed by atoms with van der Waals surface area (Å²) in [6.45, 7) is 9.74. The van der Waals surface area contributed by atoms with Crippen molar-refractivity contribution in [3.63, 3.8) is 0 Å². The molecule has 0 radical (unpaired) electrons. The number of hydrogen-bond acceptors (Lipinski definition) is 3. The molecule has 15 heavy (non-hydrogen) atoms. The molecule has 1 N–H and O–H groups in total. The summed E-state index contributed by atoms with van der Waals surface area (Å²) in [4.78, 5) is 6.86. The third kappa shape index (κ3) is 2.38. The van der Waals surface area contributed by atoms with Crippen molar-refractivity contribution >= 4 is 0 Å². The van der Waals surface area contributed by atoms with Crippen LogP contribution in [0.25, 0.3) is 0 Å². The van der Waals surface area contributed by atoms with Crippen LogP contribution in [0.5, 0.6) is 0 Å². The summed E-state index contributed by atoms with van der Waals surface area (Å²) in [5.74, 6) is 1.20. The molecule has 84 valence electrons. The Balaban J connectivity index is 1.91. The molecule has 1 atom stereocenters. The van der Waals surface area contributed by atoms with E-state index in [9.17, 15) is 0 Å². The van der Waals surface area contributed by atoms with Gasteiger partial charge in [-0.3, -0.25) is 4.90 Å². The van der Waals surface area contributed by atoms with Crippen molar-refractivity contribution in [3.05, 3.63) is 18.2 Å². The zero-order valence-electron chi connectivity index (χ0n) is 9.61. The highest BCUT2D eigenvalue weighted by molar-refractivity contribution is 4.96. The monoisotopic (exact) mass is 208 g/mol. The third-order valence-corrected chi connectivity index (χ3v) is 3.09. The van der Waals surface area contributed by atoms with E-state index in [1.165, 1.54) is 5.82 Å². The third-order valence-electron chi connectivity index (χ3n) is 3.09. The summed E-state index contributed by atoms with van der Waals surface area (Å²) in [6.07, 6.45) is 3.97. The minimum Gasteiger partial charge on any atom is -0.333 e. The van der Waals surface area contributed by atoms with Gasteiger partial charge in [0.05, 0.1) is 6.54 Å². The maximum Gasteiger partial charge on any atom is 0.122 e. The van der Waals surface area contributed by atoms with E-state index in [2.05, 4.69) is 39.8 Å². The Morgan fingerprint density at radius 2 is 2.40 bits per heavy atom. The second-order valence-electron chi connectivity index (χ2n) is 4.16. The summed E-state index contributed by atoms with van der Waals surface area (Å²) in [6, 6.07) is 0.593. The molecule has 0 saturated heterocycles. The first kappa shape index (κ1) is 10.6. The van der Waals surface area contributed by atoms with Gasteiger partial charge < -0.3 is 9.88 Å². The zero-order chi connectivity index (χ0) is 10.7. The average molecular weight is 208 g/mol. The molecule has 0 amide bonds. The van der Waals surface area contributed by atoms with Crippen LogP contribution in [-0.4, -0.2) is 40.1 Å². The Morgan fingerprint density at radius 3 is 3.20 bits per heavy atom. The lowest BCUT2D eigenvalue weighted by atomic mass is 10.2. The van der Waals surface area contributed by atoms with E-state index in [0.717, 1.165) is 32.7 Å². The van der Waals surface area contributed by atoms with Crippen LogP contribution in [-0.2, 0) is 13.1 Å². The van der Waals surface area contributed by atoms with Crippen LogP contribution < -0.4 is 5.32 Å². The van der Waals surface area contributed by atoms with Crippen molar-refractivity contribution in [2.24, 2.45) is 0 Å². The molecule has 0 aromatic carbocycles. The molecule has 4 heteroatoms. The molecule has 1 aromatic rings. The summed E-state index contributed by atoms with van der Waals surface area (Å²) in [5.41, 5.74) is 0. The summed E-state index contributed by atoms with van der Waals surface area (Å²) >= 11 is 0. The maximum absolute atomic E-state index is 4.37. The lowest BCUT2D eigenvalue weighted by molar-refractivity contribution is 0.160. The number of hydrogen-bond donors (Lipinski definition) is 1. The van der Waals surface area contributed by atoms with Crippen molar-refractivity contribution in [2.45, 2.75) is 33.0 Å². The van der Waals surface area contributed by atoms with Gasteiger partial charge in [-0.15, -0.1) is 0 Å². The van der Waals surface area contributed by atoms with E-state index in [1.807, 2.05) is 6.20 Å². The summed E-state index contributed by atoms with van der Waals surface area (Å²) < 4.78 is 2.25. The van der Waals surface area contributed by atoms with Gasteiger partial charge in [0.25, 0.3) is 0 Å². The summed E-state index contributed by atoms with van der Waals surface area (Å²) in [7, 11) is 0. The van der Waals surface area contributed by atoms with E-state index >= 15 is 0 Å². The van der Waals surface area contributed by atoms with Crippen molar-refractivity contribution in [3.8, 4) is 0 Å². The number of nitrogens with zero attached hydrogens (tertiary/aromatic N) is 3. The van der Waals surface area contributed by atoms with Crippen LogP contribution in [0, 0.1) is 0 Å². The molecule has 1 aliphatic rings.